The van der Waals surface area contributed by atoms with Crippen LogP contribution in [-0.4, -0.2) is 60.8 Å². The van der Waals surface area contributed by atoms with E-state index in [9.17, 15) is 19.2 Å². The highest BCUT2D eigenvalue weighted by Gasteiger charge is 2.32. The van der Waals surface area contributed by atoms with Crippen molar-refractivity contribution >= 4 is 29.6 Å². The molecule has 0 spiro atoms. The lowest BCUT2D eigenvalue weighted by atomic mass is 10.4. The maximum absolute atomic E-state index is 10.9. The van der Waals surface area contributed by atoms with E-state index in [0.717, 1.165) is 0 Å². The zero-order valence-corrected chi connectivity index (χ0v) is 14.2. The summed E-state index contributed by atoms with van der Waals surface area (Å²) in [4.78, 5) is 45.5. The first-order valence-electron chi connectivity index (χ1n) is 7.25. The van der Waals surface area contributed by atoms with Gasteiger partial charge in [0.25, 0.3) is 0 Å². The summed E-state index contributed by atoms with van der Waals surface area (Å²) in [6.45, 7) is 7.27. The molecule has 0 aromatic rings. The minimum Gasteiger partial charge on any atom is -0.466 e. The van der Waals surface area contributed by atoms with Crippen LogP contribution >= 0.6 is 0 Å². The van der Waals surface area contributed by atoms with Crippen molar-refractivity contribution in [1.82, 2.24) is 0 Å². The zero-order valence-electron chi connectivity index (χ0n) is 14.2. The van der Waals surface area contributed by atoms with Gasteiger partial charge in [-0.3, -0.25) is 9.59 Å². The minimum absolute atomic E-state index is 0.0945. The molecular formula is C14H22N2O8. The molecule has 0 amide bonds. The normalized spacial score (nSPS) is 8.67. The van der Waals surface area contributed by atoms with Gasteiger partial charge in [0.1, 0.15) is 6.42 Å². The van der Waals surface area contributed by atoms with Gasteiger partial charge in [-0.1, -0.05) is 0 Å². The Morgan fingerprint density at radius 3 is 1.29 bits per heavy atom. The van der Waals surface area contributed by atoms with Crippen LogP contribution in [0.25, 0.3) is 5.53 Å². The molecule has 0 aliphatic carbocycles. The maximum atomic E-state index is 10.9. The summed E-state index contributed by atoms with van der Waals surface area (Å²) in [7, 11) is 0. The Balaban J connectivity index is 0. The van der Waals surface area contributed by atoms with Crippen LogP contribution < -0.4 is 0 Å². The van der Waals surface area contributed by atoms with E-state index in [-0.39, 0.29) is 32.8 Å². The molecule has 24 heavy (non-hydrogen) atoms. The molecule has 0 heterocycles. The van der Waals surface area contributed by atoms with E-state index in [1.165, 1.54) is 0 Å². The molecule has 0 rings (SSSR count). The number of esters is 4. The van der Waals surface area contributed by atoms with E-state index in [1.807, 2.05) is 0 Å². The Kier molecular flexibility index (Phi) is 14.9. The Morgan fingerprint density at radius 1 is 0.708 bits per heavy atom. The lowest BCUT2D eigenvalue weighted by Gasteiger charge is -2.00. The first-order chi connectivity index (χ1) is 11.4. The molecular weight excluding hydrogens is 324 g/mol. The van der Waals surface area contributed by atoms with Crippen molar-refractivity contribution in [2.24, 2.45) is 0 Å². The molecule has 0 aromatic heterocycles. The van der Waals surface area contributed by atoms with Gasteiger partial charge in [0.15, 0.2) is 0 Å². The van der Waals surface area contributed by atoms with Gasteiger partial charge in [-0.2, -0.15) is 4.79 Å². The molecule has 10 nitrogen and oxygen atoms in total. The molecule has 0 radical (unpaired) electrons. The monoisotopic (exact) mass is 346 g/mol. The van der Waals surface area contributed by atoms with Gasteiger partial charge in [0.2, 0.25) is 0 Å². The third-order valence-electron chi connectivity index (χ3n) is 1.94. The molecule has 10 heteroatoms. The summed E-state index contributed by atoms with van der Waals surface area (Å²) in [5, 5.41) is 0. The standard InChI is InChI=1S/C7H10N2O4.C7H12O4/c1-3-12-6(10)5(9-8)7(11)13-4-2;1-3-10-6(8)5-7(9)11-4-2/h3-4H2,1-2H3;3-5H2,1-2H3. The summed E-state index contributed by atoms with van der Waals surface area (Å²) < 4.78 is 17.9. The number of hydrogen-bond acceptors (Lipinski definition) is 8. The van der Waals surface area contributed by atoms with Crippen LogP contribution in [-0.2, 0) is 38.1 Å². The Morgan fingerprint density at radius 2 is 1.04 bits per heavy atom. The van der Waals surface area contributed by atoms with Gasteiger partial charge in [-0.15, -0.1) is 0 Å². The van der Waals surface area contributed by atoms with Crippen LogP contribution in [0.4, 0.5) is 0 Å². The molecule has 0 aliphatic rings. The average Bonchev–Trinajstić information content (AvgIpc) is 2.49. The van der Waals surface area contributed by atoms with E-state index in [0.29, 0.717) is 0 Å². The van der Waals surface area contributed by atoms with Crippen LogP contribution in [0, 0.1) is 0 Å². The van der Waals surface area contributed by atoms with Gasteiger partial charge >= 0.3 is 29.6 Å². The fraction of sp³-hybridized carbons (Fsp3) is 0.643. The van der Waals surface area contributed by atoms with Crippen LogP contribution in [0.15, 0.2) is 0 Å². The quantitative estimate of drug-likeness (QED) is 0.152. The van der Waals surface area contributed by atoms with Crippen molar-refractivity contribution in [1.29, 1.82) is 0 Å². The van der Waals surface area contributed by atoms with Crippen molar-refractivity contribution in [3.8, 4) is 0 Å². The van der Waals surface area contributed by atoms with Gasteiger partial charge in [0.05, 0.1) is 26.4 Å². The molecule has 0 bridgehead atoms. The lowest BCUT2D eigenvalue weighted by molar-refractivity contribution is -0.154. The van der Waals surface area contributed by atoms with Gasteiger partial charge < -0.3 is 24.5 Å². The van der Waals surface area contributed by atoms with E-state index in [1.54, 1.807) is 27.7 Å². The van der Waals surface area contributed by atoms with Crippen molar-refractivity contribution in [3.05, 3.63) is 5.53 Å². The maximum Gasteiger partial charge on any atom is 0.482 e. The smallest absolute Gasteiger partial charge is 0.466 e. The van der Waals surface area contributed by atoms with Crippen LogP contribution in [0.5, 0.6) is 0 Å². The van der Waals surface area contributed by atoms with Crippen molar-refractivity contribution in [2.45, 2.75) is 34.1 Å². The Labute approximate surface area is 139 Å². The second-order valence-electron chi connectivity index (χ2n) is 3.68. The number of rotatable bonds is 8. The van der Waals surface area contributed by atoms with E-state index >= 15 is 0 Å². The second-order valence-corrected chi connectivity index (χ2v) is 3.68. The highest BCUT2D eigenvalue weighted by atomic mass is 16.6. The summed E-state index contributed by atoms with van der Waals surface area (Å²) >= 11 is 0. The number of ether oxygens (including phenoxy) is 4. The summed E-state index contributed by atoms with van der Waals surface area (Å²) in [6.07, 6.45) is -0.290. The molecule has 0 N–H and O–H groups in total. The summed E-state index contributed by atoms with van der Waals surface area (Å²) in [5.74, 6) is -3.07. The molecule has 0 aliphatic heterocycles. The van der Waals surface area contributed by atoms with E-state index in [2.05, 4.69) is 23.7 Å². The predicted molar refractivity (Wildman–Crippen MR) is 79.8 cm³/mol. The molecule has 136 valence electrons. The number of carbonyl (C=O) groups is 4. The Hall–Kier alpha value is -2.74. The second kappa shape index (κ2) is 15.2. The fourth-order valence-electron chi connectivity index (χ4n) is 1.11. The van der Waals surface area contributed by atoms with Gasteiger partial charge in [-0.05, 0) is 27.7 Å². The molecule has 0 unspecified atom stereocenters. The largest absolute Gasteiger partial charge is 0.482 e. The molecule has 0 saturated heterocycles. The van der Waals surface area contributed by atoms with Crippen molar-refractivity contribution in [3.63, 3.8) is 0 Å². The summed E-state index contributed by atoms with van der Waals surface area (Å²) in [5.41, 5.74) is 7.56. The number of carbonyl (C=O) groups excluding carboxylic acids is 4. The summed E-state index contributed by atoms with van der Waals surface area (Å²) in [6, 6.07) is 0. The number of hydrogen-bond donors (Lipinski definition) is 0. The topological polar surface area (TPSA) is 142 Å². The number of nitrogens with zero attached hydrogens (tertiary/aromatic N) is 2. The minimum atomic E-state index is -0.997. The van der Waals surface area contributed by atoms with Crippen molar-refractivity contribution in [2.75, 3.05) is 26.4 Å². The first-order valence-corrected chi connectivity index (χ1v) is 7.25. The highest BCUT2D eigenvalue weighted by Crippen LogP contribution is 1.90. The molecule has 0 aromatic carbocycles. The Bertz CT molecular complexity index is 447. The van der Waals surface area contributed by atoms with Crippen LogP contribution in [0.2, 0.25) is 0 Å². The fourth-order valence-corrected chi connectivity index (χ4v) is 1.11. The van der Waals surface area contributed by atoms with Crippen LogP contribution in [0.3, 0.4) is 0 Å². The van der Waals surface area contributed by atoms with Gasteiger partial charge in [-0.25, -0.2) is 9.59 Å². The molecule has 0 saturated carbocycles. The first kappa shape index (κ1) is 23.5. The van der Waals surface area contributed by atoms with E-state index in [4.69, 9.17) is 5.53 Å². The third kappa shape index (κ3) is 11.9. The SMILES string of the molecule is CCOC(=O)C(=[N+]=[N-])C(=O)OCC.CCOC(=O)CC(=O)OCC. The highest BCUT2D eigenvalue weighted by molar-refractivity contribution is 6.60. The molecule has 0 fully saturated rings. The lowest BCUT2D eigenvalue weighted by Crippen LogP contribution is -2.29. The van der Waals surface area contributed by atoms with Crippen LogP contribution in [0.1, 0.15) is 34.1 Å². The zero-order chi connectivity index (χ0) is 19.0. The predicted octanol–water partition coefficient (Wildman–Crippen LogP) is 0.286. The van der Waals surface area contributed by atoms with Crippen molar-refractivity contribution < 1.29 is 42.9 Å². The third-order valence-corrected chi connectivity index (χ3v) is 1.94. The van der Waals surface area contributed by atoms with Gasteiger partial charge in [0, 0.05) is 0 Å². The van der Waals surface area contributed by atoms with E-state index < -0.39 is 29.6 Å². The molecule has 0 atom stereocenters. The average molecular weight is 346 g/mol.